The van der Waals surface area contributed by atoms with Crippen molar-refractivity contribution in [2.45, 2.75) is 48.5 Å². The van der Waals surface area contributed by atoms with E-state index in [9.17, 15) is 18.0 Å². The van der Waals surface area contributed by atoms with Crippen molar-refractivity contribution in [1.82, 2.24) is 0 Å². The first-order valence-electron chi connectivity index (χ1n) is 12.5. The predicted molar refractivity (Wildman–Crippen MR) is 159 cm³/mol. The molecule has 3 aromatic rings. The Bertz CT molecular complexity index is 1430. The Kier molecular flexibility index (Phi) is 10.1. The summed E-state index contributed by atoms with van der Waals surface area (Å²) in [5.41, 5.74) is 1.03. The van der Waals surface area contributed by atoms with Gasteiger partial charge in [-0.2, -0.15) is 8.42 Å². The van der Waals surface area contributed by atoms with E-state index >= 15 is 0 Å². The van der Waals surface area contributed by atoms with Crippen LogP contribution in [0.25, 0.3) is 0 Å². The number of benzene rings is 2. The topological polar surface area (TPSA) is 105 Å². The number of ether oxygens (including phenoxy) is 1. The van der Waals surface area contributed by atoms with Crippen molar-refractivity contribution >= 4 is 73.1 Å². The van der Waals surface area contributed by atoms with Crippen molar-refractivity contribution in [3.05, 3.63) is 71.1 Å². The van der Waals surface area contributed by atoms with Crippen LogP contribution in [0, 0.1) is 0 Å². The van der Waals surface area contributed by atoms with E-state index in [0.717, 1.165) is 41.7 Å². The van der Waals surface area contributed by atoms with Crippen LogP contribution in [0.3, 0.4) is 0 Å². The van der Waals surface area contributed by atoms with Crippen LogP contribution in [-0.4, -0.2) is 37.3 Å². The molecular weight excluding hydrogens is 578 g/mol. The van der Waals surface area contributed by atoms with Gasteiger partial charge in [-0.1, -0.05) is 67.7 Å². The van der Waals surface area contributed by atoms with E-state index in [1.807, 2.05) is 0 Å². The van der Waals surface area contributed by atoms with Crippen molar-refractivity contribution in [2.24, 2.45) is 4.40 Å². The summed E-state index contributed by atoms with van der Waals surface area (Å²) < 4.78 is 35.8. The number of carbonyl (C=O) groups is 2. The molecule has 1 N–H and O–H groups in total. The molecule has 1 aromatic heterocycles. The summed E-state index contributed by atoms with van der Waals surface area (Å²) in [7, 11) is -4.11. The Morgan fingerprint density at radius 2 is 1.79 bits per heavy atom. The molecule has 2 heterocycles. The molecular formula is C27H28ClN3O5S3. The monoisotopic (exact) mass is 605 g/mol. The quantitative estimate of drug-likeness (QED) is 0.234. The molecule has 2 aromatic carbocycles. The van der Waals surface area contributed by atoms with Gasteiger partial charge in [0.1, 0.15) is 15.2 Å². The van der Waals surface area contributed by atoms with Crippen LogP contribution in [0.5, 0.6) is 5.75 Å². The third-order valence-corrected chi connectivity index (χ3v) is 9.94. The average Bonchev–Trinajstić information content (AvgIpc) is 3.48. The third-order valence-electron chi connectivity index (χ3n) is 5.73. The van der Waals surface area contributed by atoms with Crippen LogP contribution in [0.1, 0.15) is 39.0 Å². The smallest absolute Gasteiger partial charge is 0.294 e. The molecule has 0 bridgehead atoms. The number of carbonyl (C=O) groups excluding carboxylic acids is 2. The van der Waals surface area contributed by atoms with Crippen molar-refractivity contribution in [2.75, 3.05) is 16.8 Å². The number of nitrogens with one attached hydrogen (secondary N) is 1. The van der Waals surface area contributed by atoms with Crippen molar-refractivity contribution in [1.29, 1.82) is 0 Å². The fourth-order valence-corrected chi connectivity index (χ4v) is 7.59. The molecule has 4 rings (SSSR count). The molecule has 1 aliphatic rings. The minimum atomic E-state index is -4.11. The highest BCUT2D eigenvalue weighted by Gasteiger charge is 2.41. The zero-order valence-corrected chi connectivity index (χ0v) is 24.4. The van der Waals surface area contributed by atoms with Crippen LogP contribution >= 0.6 is 34.7 Å². The SMILES string of the molecule is CCCCCCOc1ccc(NC(=O)CC2SC(=NS(=O)(=O)c3ccc(Cl)s3)N(c3ccccc3)C2=O)cc1. The number of amidine groups is 1. The maximum atomic E-state index is 13.4. The molecule has 1 fully saturated rings. The predicted octanol–water partition coefficient (Wildman–Crippen LogP) is 6.58. The Morgan fingerprint density at radius 1 is 1.05 bits per heavy atom. The Morgan fingerprint density at radius 3 is 2.46 bits per heavy atom. The van der Waals surface area contributed by atoms with Gasteiger partial charge >= 0.3 is 0 Å². The first-order chi connectivity index (χ1) is 18.8. The Labute approximate surface area is 241 Å². The maximum Gasteiger partial charge on any atom is 0.294 e. The lowest BCUT2D eigenvalue weighted by Crippen LogP contribution is -2.33. The van der Waals surface area contributed by atoms with Crippen LogP contribution in [0.4, 0.5) is 11.4 Å². The highest BCUT2D eigenvalue weighted by Crippen LogP contribution is 2.36. The lowest BCUT2D eigenvalue weighted by Gasteiger charge is -2.16. The molecule has 2 amide bonds. The molecule has 1 atom stereocenters. The first kappa shape index (κ1) is 29.1. The number of amides is 2. The summed E-state index contributed by atoms with van der Waals surface area (Å²) in [5, 5.41) is 1.93. The molecule has 0 aliphatic carbocycles. The lowest BCUT2D eigenvalue weighted by atomic mass is 10.2. The molecule has 0 saturated carbocycles. The fraction of sp³-hybridized carbons (Fsp3) is 0.296. The van der Waals surface area contributed by atoms with Gasteiger partial charge in [-0.25, -0.2) is 0 Å². The van der Waals surface area contributed by atoms with Crippen molar-refractivity contribution in [3.8, 4) is 5.75 Å². The van der Waals surface area contributed by atoms with Crippen LogP contribution in [0.15, 0.2) is 75.3 Å². The number of sulfonamides is 1. The van der Waals surface area contributed by atoms with E-state index in [0.29, 0.717) is 22.3 Å². The Hall–Kier alpha value is -2.86. The van der Waals surface area contributed by atoms with Gasteiger partial charge in [0, 0.05) is 12.1 Å². The second-order valence-corrected chi connectivity index (χ2v) is 13.4. The fourth-order valence-electron chi connectivity index (χ4n) is 3.79. The number of thiophene rings is 1. The van der Waals surface area contributed by atoms with Gasteiger partial charge in [-0.05, 0) is 55.0 Å². The van der Waals surface area contributed by atoms with Gasteiger partial charge in [0.2, 0.25) is 11.8 Å². The molecule has 1 unspecified atom stereocenters. The number of hydrogen-bond acceptors (Lipinski definition) is 7. The number of anilines is 2. The molecule has 1 saturated heterocycles. The summed E-state index contributed by atoms with van der Waals surface area (Å²) in [5.74, 6) is -0.0822. The zero-order valence-electron chi connectivity index (χ0n) is 21.2. The zero-order chi connectivity index (χ0) is 27.8. The highest BCUT2D eigenvalue weighted by molar-refractivity contribution is 8.16. The number of unbranched alkanes of at least 4 members (excludes halogenated alkanes) is 3. The van der Waals surface area contributed by atoms with E-state index in [1.54, 1.807) is 54.6 Å². The van der Waals surface area contributed by atoms with E-state index in [1.165, 1.54) is 29.9 Å². The molecule has 1 aliphatic heterocycles. The lowest BCUT2D eigenvalue weighted by molar-refractivity contribution is -0.121. The Balaban J connectivity index is 1.44. The van der Waals surface area contributed by atoms with E-state index in [-0.39, 0.29) is 21.7 Å². The largest absolute Gasteiger partial charge is 0.494 e. The van der Waals surface area contributed by atoms with E-state index in [2.05, 4.69) is 16.6 Å². The molecule has 12 heteroatoms. The number of para-hydroxylation sites is 1. The van der Waals surface area contributed by atoms with Gasteiger partial charge in [0.05, 0.1) is 16.6 Å². The summed E-state index contributed by atoms with van der Waals surface area (Å²) in [6.07, 6.45) is 4.32. The van der Waals surface area contributed by atoms with Crippen LogP contribution in [0.2, 0.25) is 4.34 Å². The summed E-state index contributed by atoms with van der Waals surface area (Å²) >= 11 is 7.74. The third kappa shape index (κ3) is 7.84. The highest BCUT2D eigenvalue weighted by atomic mass is 35.5. The van der Waals surface area contributed by atoms with Gasteiger partial charge in [-0.3, -0.25) is 14.5 Å². The second kappa shape index (κ2) is 13.5. The van der Waals surface area contributed by atoms with Gasteiger partial charge < -0.3 is 10.1 Å². The molecule has 8 nitrogen and oxygen atoms in total. The van der Waals surface area contributed by atoms with Crippen LogP contribution in [-0.2, 0) is 19.6 Å². The number of hydrogen-bond donors (Lipinski definition) is 1. The molecule has 39 heavy (non-hydrogen) atoms. The minimum absolute atomic E-state index is 0.0195. The molecule has 0 radical (unpaired) electrons. The number of halogens is 1. The molecule has 0 spiro atoms. The van der Waals surface area contributed by atoms with Gasteiger partial charge in [0.15, 0.2) is 5.17 Å². The van der Waals surface area contributed by atoms with Gasteiger partial charge in [-0.15, -0.1) is 15.7 Å². The number of rotatable bonds is 12. The second-order valence-electron chi connectivity index (χ2n) is 8.71. The minimum Gasteiger partial charge on any atom is -0.494 e. The van der Waals surface area contributed by atoms with Gasteiger partial charge in [0.25, 0.3) is 10.0 Å². The summed E-state index contributed by atoms with van der Waals surface area (Å²) in [6.45, 7) is 2.80. The standard InChI is InChI=1S/C27H28ClN3O5S3/c1-2-3-4-8-17-36-21-13-11-19(12-14-21)29-24(32)18-22-26(33)31(20-9-6-5-7-10-20)27(37-22)30-39(34,35)25-16-15-23(28)38-25/h5-7,9-16,22H,2-4,8,17-18H2,1H3,(H,29,32). The number of nitrogens with zero attached hydrogens (tertiary/aromatic N) is 2. The van der Waals surface area contributed by atoms with E-state index < -0.39 is 21.2 Å². The van der Waals surface area contributed by atoms with Crippen molar-refractivity contribution in [3.63, 3.8) is 0 Å². The normalized spacial score (nSPS) is 16.6. The summed E-state index contributed by atoms with van der Waals surface area (Å²) in [4.78, 5) is 27.4. The summed E-state index contributed by atoms with van der Waals surface area (Å²) in [6, 6.07) is 18.5. The van der Waals surface area contributed by atoms with E-state index in [4.69, 9.17) is 16.3 Å². The number of thioether (sulfide) groups is 1. The average molecular weight is 606 g/mol. The molecule has 206 valence electrons. The van der Waals surface area contributed by atoms with Crippen LogP contribution < -0.4 is 15.0 Å². The first-order valence-corrected chi connectivity index (χ1v) is 16.0. The maximum absolute atomic E-state index is 13.4. The van der Waals surface area contributed by atoms with Crippen molar-refractivity contribution < 1.29 is 22.7 Å².